The molecule has 3 rings (SSSR count). The Morgan fingerprint density at radius 3 is 3.00 bits per heavy atom. The van der Waals surface area contributed by atoms with Crippen LogP contribution in [-0.2, 0) is 29.0 Å². The largest absolute Gasteiger partial charge is 0.375 e. The van der Waals surface area contributed by atoms with Crippen molar-refractivity contribution in [3.05, 3.63) is 46.5 Å². The number of nitrogens with one attached hydrogen (secondary N) is 1. The maximum atomic E-state index is 12.1. The van der Waals surface area contributed by atoms with Crippen LogP contribution in [0.15, 0.2) is 30.3 Å². The van der Waals surface area contributed by atoms with Crippen LogP contribution in [-0.4, -0.2) is 23.5 Å². The van der Waals surface area contributed by atoms with Crippen LogP contribution in [0.25, 0.3) is 0 Å². The first-order chi connectivity index (χ1) is 10.2. The van der Waals surface area contributed by atoms with Crippen molar-refractivity contribution in [2.45, 2.75) is 25.5 Å². The van der Waals surface area contributed by atoms with E-state index in [4.69, 9.17) is 10.5 Å². The van der Waals surface area contributed by atoms with Gasteiger partial charge in [0.2, 0.25) is 5.91 Å². The first-order valence-electron chi connectivity index (χ1n) is 6.89. The number of fused-ring (bicyclic) bond motifs is 1. The Morgan fingerprint density at radius 1 is 1.43 bits per heavy atom. The lowest BCUT2D eigenvalue weighted by atomic mass is 10.1. The molecule has 3 N–H and O–H groups in total. The second-order valence-electron chi connectivity index (χ2n) is 4.98. The Hall–Kier alpha value is -1.76. The van der Waals surface area contributed by atoms with Crippen molar-refractivity contribution in [3.8, 4) is 0 Å². The molecular formula is C15H17N3O2S. The lowest BCUT2D eigenvalue weighted by Crippen LogP contribution is -2.37. The summed E-state index contributed by atoms with van der Waals surface area (Å²) >= 11 is 1.46. The second kappa shape index (κ2) is 6.34. The van der Waals surface area contributed by atoms with Gasteiger partial charge in [-0.25, -0.2) is 4.98 Å². The molecule has 5 nitrogen and oxygen atoms in total. The molecule has 110 valence electrons. The maximum Gasteiger partial charge on any atom is 0.243 e. The SMILES string of the molecule is N[C@@H](Cc1ccccc1)C(=O)Nc1nc2c(s1)COCC2. The number of ether oxygens (including phenoxy) is 1. The molecule has 6 heteroatoms. The van der Waals surface area contributed by atoms with Crippen LogP contribution in [0.4, 0.5) is 5.13 Å². The number of aromatic nitrogens is 1. The van der Waals surface area contributed by atoms with Gasteiger partial charge in [-0.2, -0.15) is 0 Å². The predicted molar refractivity (Wildman–Crippen MR) is 82.2 cm³/mol. The number of rotatable bonds is 4. The van der Waals surface area contributed by atoms with Crippen LogP contribution >= 0.6 is 11.3 Å². The molecule has 0 spiro atoms. The van der Waals surface area contributed by atoms with Gasteiger partial charge in [-0.3, -0.25) is 4.79 Å². The van der Waals surface area contributed by atoms with Gasteiger partial charge in [0.05, 0.1) is 29.8 Å². The van der Waals surface area contributed by atoms with Crippen LogP contribution in [0.5, 0.6) is 0 Å². The highest BCUT2D eigenvalue weighted by molar-refractivity contribution is 7.15. The number of carbonyl (C=O) groups excluding carboxylic acids is 1. The molecule has 0 fully saturated rings. The summed E-state index contributed by atoms with van der Waals surface area (Å²) in [5, 5.41) is 3.42. The summed E-state index contributed by atoms with van der Waals surface area (Å²) in [6, 6.07) is 9.17. The van der Waals surface area contributed by atoms with Crippen molar-refractivity contribution in [1.29, 1.82) is 0 Å². The molecule has 1 aromatic carbocycles. The first kappa shape index (κ1) is 14.2. The summed E-state index contributed by atoms with van der Waals surface area (Å²) in [5.41, 5.74) is 8.03. The number of amides is 1. The smallest absolute Gasteiger partial charge is 0.243 e. The van der Waals surface area contributed by atoms with Crippen molar-refractivity contribution < 1.29 is 9.53 Å². The van der Waals surface area contributed by atoms with E-state index in [0.717, 1.165) is 22.6 Å². The van der Waals surface area contributed by atoms with E-state index in [2.05, 4.69) is 10.3 Å². The van der Waals surface area contributed by atoms with Crippen molar-refractivity contribution in [2.24, 2.45) is 5.73 Å². The van der Waals surface area contributed by atoms with E-state index < -0.39 is 6.04 Å². The van der Waals surface area contributed by atoms with E-state index in [1.54, 1.807) is 0 Å². The van der Waals surface area contributed by atoms with Gasteiger partial charge in [-0.05, 0) is 12.0 Å². The van der Waals surface area contributed by atoms with Crippen molar-refractivity contribution in [3.63, 3.8) is 0 Å². The molecule has 1 aliphatic heterocycles. The molecule has 0 saturated heterocycles. The number of nitrogens with zero attached hydrogens (tertiary/aromatic N) is 1. The number of thiazole rings is 1. The summed E-state index contributed by atoms with van der Waals surface area (Å²) < 4.78 is 5.37. The molecule has 2 heterocycles. The van der Waals surface area contributed by atoms with E-state index in [0.29, 0.717) is 24.8 Å². The summed E-state index contributed by atoms with van der Waals surface area (Å²) in [6.45, 7) is 1.27. The first-order valence-corrected chi connectivity index (χ1v) is 7.71. The number of nitrogens with two attached hydrogens (primary N) is 1. The molecule has 0 aliphatic carbocycles. The van der Waals surface area contributed by atoms with E-state index in [1.165, 1.54) is 11.3 Å². The molecule has 0 unspecified atom stereocenters. The topological polar surface area (TPSA) is 77.2 Å². The Morgan fingerprint density at radius 2 is 2.24 bits per heavy atom. The Balaban J connectivity index is 1.61. The number of carbonyl (C=O) groups is 1. The normalized spacial score (nSPS) is 15.3. The van der Waals surface area contributed by atoms with Crippen LogP contribution in [0.3, 0.4) is 0 Å². The van der Waals surface area contributed by atoms with Gasteiger partial charge < -0.3 is 15.8 Å². The highest BCUT2D eigenvalue weighted by atomic mass is 32.1. The zero-order valence-corrected chi connectivity index (χ0v) is 12.4. The van der Waals surface area contributed by atoms with Crippen LogP contribution in [0, 0.1) is 0 Å². The molecule has 0 bridgehead atoms. The van der Waals surface area contributed by atoms with E-state index in [-0.39, 0.29) is 5.91 Å². The lowest BCUT2D eigenvalue weighted by Gasteiger charge is -2.10. The fourth-order valence-electron chi connectivity index (χ4n) is 2.24. The quantitative estimate of drug-likeness (QED) is 0.901. The van der Waals surface area contributed by atoms with Crippen molar-refractivity contribution in [2.75, 3.05) is 11.9 Å². The number of anilines is 1. The van der Waals surface area contributed by atoms with Gasteiger partial charge in [0, 0.05) is 6.42 Å². The molecular weight excluding hydrogens is 286 g/mol. The summed E-state index contributed by atoms with van der Waals surface area (Å²) in [4.78, 5) is 17.7. The van der Waals surface area contributed by atoms with Gasteiger partial charge in [0.15, 0.2) is 5.13 Å². The third kappa shape index (κ3) is 3.47. The molecule has 0 saturated carbocycles. The standard InChI is InChI=1S/C15H17N3O2S/c16-11(8-10-4-2-1-3-5-10)14(19)18-15-17-12-6-7-20-9-13(12)21-15/h1-5,11H,6-9,16H2,(H,17,18,19)/t11-/m0/s1. The molecule has 2 aromatic rings. The van der Waals surface area contributed by atoms with Crippen LogP contribution in [0.1, 0.15) is 16.1 Å². The predicted octanol–water partition coefficient (Wildman–Crippen LogP) is 1.72. The molecule has 1 amide bonds. The molecule has 0 radical (unpaired) electrons. The highest BCUT2D eigenvalue weighted by Crippen LogP contribution is 2.27. The number of benzene rings is 1. The molecule has 1 aromatic heterocycles. The van der Waals surface area contributed by atoms with Gasteiger partial charge >= 0.3 is 0 Å². The Labute approximate surface area is 127 Å². The minimum absolute atomic E-state index is 0.203. The third-order valence-electron chi connectivity index (χ3n) is 3.36. The minimum atomic E-state index is -0.579. The zero-order chi connectivity index (χ0) is 14.7. The summed E-state index contributed by atoms with van der Waals surface area (Å²) in [7, 11) is 0. The van der Waals surface area contributed by atoms with Crippen LogP contribution in [0.2, 0.25) is 0 Å². The number of hydrogen-bond donors (Lipinski definition) is 2. The van der Waals surface area contributed by atoms with Gasteiger partial charge in [0.1, 0.15) is 0 Å². The molecule has 21 heavy (non-hydrogen) atoms. The second-order valence-corrected chi connectivity index (χ2v) is 6.06. The average Bonchev–Trinajstić information content (AvgIpc) is 2.90. The number of hydrogen-bond acceptors (Lipinski definition) is 5. The fraction of sp³-hybridized carbons (Fsp3) is 0.333. The van der Waals surface area contributed by atoms with Crippen molar-refractivity contribution >= 4 is 22.4 Å². The molecule has 1 aliphatic rings. The van der Waals surface area contributed by atoms with Gasteiger partial charge in [0.25, 0.3) is 0 Å². The van der Waals surface area contributed by atoms with E-state index >= 15 is 0 Å². The van der Waals surface area contributed by atoms with E-state index in [9.17, 15) is 4.79 Å². The highest BCUT2D eigenvalue weighted by Gasteiger charge is 2.19. The lowest BCUT2D eigenvalue weighted by molar-refractivity contribution is -0.117. The maximum absolute atomic E-state index is 12.1. The zero-order valence-electron chi connectivity index (χ0n) is 11.5. The van der Waals surface area contributed by atoms with E-state index in [1.807, 2.05) is 30.3 Å². The monoisotopic (exact) mass is 303 g/mol. The van der Waals surface area contributed by atoms with Gasteiger partial charge in [-0.15, -0.1) is 0 Å². The summed E-state index contributed by atoms with van der Waals surface area (Å²) in [6.07, 6.45) is 1.32. The molecule has 1 atom stereocenters. The summed E-state index contributed by atoms with van der Waals surface area (Å²) in [5.74, 6) is -0.203. The Kier molecular flexibility index (Phi) is 4.28. The van der Waals surface area contributed by atoms with Gasteiger partial charge in [-0.1, -0.05) is 41.7 Å². The van der Waals surface area contributed by atoms with Crippen molar-refractivity contribution in [1.82, 2.24) is 4.98 Å². The minimum Gasteiger partial charge on any atom is -0.375 e. The fourth-order valence-corrected chi connectivity index (χ4v) is 3.19. The Bertz CT molecular complexity index is 604. The average molecular weight is 303 g/mol. The third-order valence-corrected chi connectivity index (χ3v) is 4.35. The van der Waals surface area contributed by atoms with Crippen LogP contribution < -0.4 is 11.1 Å².